The van der Waals surface area contributed by atoms with Gasteiger partial charge in [-0.25, -0.2) is 9.59 Å². The normalized spacial score (nSPS) is 11.1. The Morgan fingerprint density at radius 2 is 1.78 bits per heavy atom. The number of carbonyl (C=O) groups is 3. The average molecular weight is 399 g/mol. The van der Waals surface area contributed by atoms with Gasteiger partial charge in [-0.2, -0.15) is 0 Å². The lowest BCUT2D eigenvalue weighted by atomic mass is 10.0. The molecule has 0 aliphatic heterocycles. The molecule has 0 unspecified atom stereocenters. The minimum atomic E-state index is -0.727. The van der Waals surface area contributed by atoms with Crippen LogP contribution in [-0.4, -0.2) is 36.7 Å². The molecule has 150 valence electrons. The van der Waals surface area contributed by atoms with Crippen LogP contribution in [0.25, 0.3) is 0 Å². The molecular weight excluding hydrogens is 372 g/mol. The Hall–Kier alpha value is -2.28. The van der Waals surface area contributed by atoms with Crippen LogP contribution in [0.3, 0.4) is 0 Å². The molecule has 0 saturated heterocycles. The third-order valence-electron chi connectivity index (χ3n) is 3.36. The summed E-state index contributed by atoms with van der Waals surface area (Å²) in [6.07, 6.45) is 0. The van der Waals surface area contributed by atoms with Gasteiger partial charge >= 0.3 is 12.0 Å². The van der Waals surface area contributed by atoms with Crippen LogP contribution in [0.5, 0.6) is 5.75 Å². The molecule has 8 heteroatoms. The molecule has 1 rings (SSSR count). The van der Waals surface area contributed by atoms with Crippen LogP contribution in [0.4, 0.5) is 4.79 Å². The summed E-state index contributed by atoms with van der Waals surface area (Å²) in [5, 5.41) is 5.27. The van der Waals surface area contributed by atoms with Crippen molar-refractivity contribution in [3.8, 4) is 5.75 Å². The zero-order valence-corrected chi connectivity index (χ0v) is 17.3. The number of ether oxygens (including phenoxy) is 2. The molecule has 1 aromatic rings. The van der Waals surface area contributed by atoms with Crippen LogP contribution in [0.2, 0.25) is 5.02 Å². The number of benzene rings is 1. The van der Waals surface area contributed by atoms with Crippen molar-refractivity contribution in [2.75, 3.05) is 13.2 Å². The molecule has 27 heavy (non-hydrogen) atoms. The molecule has 7 nitrogen and oxygen atoms in total. The molecule has 3 amide bonds. The van der Waals surface area contributed by atoms with Gasteiger partial charge in [-0.15, -0.1) is 0 Å². The molecule has 0 spiro atoms. The number of hydrogen-bond donors (Lipinski definition) is 2. The molecule has 0 aliphatic rings. The molecular formula is C19H27ClN2O5. The van der Waals surface area contributed by atoms with Crippen LogP contribution in [-0.2, 0) is 14.3 Å². The third kappa shape index (κ3) is 8.30. The number of esters is 1. The van der Waals surface area contributed by atoms with E-state index < -0.39 is 30.1 Å². The first-order valence-corrected chi connectivity index (χ1v) is 8.97. The number of aryl methyl sites for hydroxylation is 1. The van der Waals surface area contributed by atoms with Gasteiger partial charge in [0.1, 0.15) is 5.75 Å². The fourth-order valence-electron chi connectivity index (χ4n) is 2.11. The number of imide groups is 1. The number of urea groups is 1. The Morgan fingerprint density at radius 1 is 1.15 bits per heavy atom. The summed E-state index contributed by atoms with van der Waals surface area (Å²) in [7, 11) is 0. The van der Waals surface area contributed by atoms with Crippen molar-refractivity contribution in [1.82, 2.24) is 10.6 Å². The van der Waals surface area contributed by atoms with Crippen molar-refractivity contribution >= 4 is 29.5 Å². The Morgan fingerprint density at radius 3 is 2.33 bits per heavy atom. The Kier molecular flexibility index (Phi) is 8.09. The standard InChI is InChI=1S/C19H27ClN2O5/c1-11(2)13-8-14(20)12(3)7-15(13)26-10-17(24)27-9-16(23)21-18(25)22-19(4,5)6/h7-8,11H,9-10H2,1-6H3,(H2,21,22,23,25). The van der Waals surface area contributed by atoms with Crippen LogP contribution in [0, 0.1) is 6.92 Å². The zero-order chi connectivity index (χ0) is 20.8. The molecule has 0 saturated carbocycles. The summed E-state index contributed by atoms with van der Waals surface area (Å²) >= 11 is 6.13. The maximum absolute atomic E-state index is 11.8. The molecule has 0 aromatic heterocycles. The number of rotatable bonds is 6. The molecule has 0 radical (unpaired) electrons. The molecule has 0 bridgehead atoms. The fraction of sp³-hybridized carbons (Fsp3) is 0.526. The molecule has 0 heterocycles. The van der Waals surface area contributed by atoms with Crippen molar-refractivity contribution in [3.63, 3.8) is 0 Å². The highest BCUT2D eigenvalue weighted by Crippen LogP contribution is 2.31. The summed E-state index contributed by atoms with van der Waals surface area (Å²) in [4.78, 5) is 35.0. The Labute approximate surface area is 164 Å². The van der Waals surface area contributed by atoms with Gasteiger partial charge < -0.3 is 14.8 Å². The maximum Gasteiger partial charge on any atom is 0.344 e. The first kappa shape index (κ1) is 22.8. The summed E-state index contributed by atoms with van der Waals surface area (Å²) in [6.45, 7) is 10.2. The van der Waals surface area contributed by atoms with Gasteiger partial charge in [0.15, 0.2) is 13.2 Å². The van der Waals surface area contributed by atoms with Gasteiger partial charge in [-0.3, -0.25) is 10.1 Å². The van der Waals surface area contributed by atoms with Crippen molar-refractivity contribution in [2.24, 2.45) is 0 Å². The van der Waals surface area contributed by atoms with Gasteiger partial charge in [-0.05, 0) is 56.9 Å². The molecule has 1 aromatic carbocycles. The van der Waals surface area contributed by atoms with Gasteiger partial charge in [0.2, 0.25) is 0 Å². The molecule has 0 atom stereocenters. The number of hydrogen-bond acceptors (Lipinski definition) is 5. The van der Waals surface area contributed by atoms with E-state index >= 15 is 0 Å². The van der Waals surface area contributed by atoms with E-state index in [1.165, 1.54) is 0 Å². The summed E-state index contributed by atoms with van der Waals surface area (Å²) < 4.78 is 10.4. The lowest BCUT2D eigenvalue weighted by Crippen LogP contribution is -2.49. The Balaban J connectivity index is 2.51. The summed E-state index contributed by atoms with van der Waals surface area (Å²) in [6, 6.07) is 2.91. The highest BCUT2D eigenvalue weighted by Gasteiger charge is 2.17. The van der Waals surface area contributed by atoms with E-state index in [2.05, 4.69) is 10.6 Å². The van der Waals surface area contributed by atoms with E-state index in [1.807, 2.05) is 26.8 Å². The average Bonchev–Trinajstić information content (AvgIpc) is 2.51. The van der Waals surface area contributed by atoms with E-state index in [1.54, 1.807) is 26.8 Å². The van der Waals surface area contributed by atoms with Crippen LogP contribution in [0.15, 0.2) is 12.1 Å². The van der Waals surface area contributed by atoms with Crippen LogP contribution >= 0.6 is 11.6 Å². The zero-order valence-electron chi connectivity index (χ0n) is 16.6. The van der Waals surface area contributed by atoms with Gasteiger partial charge in [0, 0.05) is 10.6 Å². The highest BCUT2D eigenvalue weighted by molar-refractivity contribution is 6.31. The third-order valence-corrected chi connectivity index (χ3v) is 3.77. The van der Waals surface area contributed by atoms with E-state index in [-0.39, 0.29) is 12.5 Å². The minimum absolute atomic E-state index is 0.154. The second-order valence-corrected chi connectivity index (χ2v) is 7.90. The number of halogens is 1. The Bertz CT molecular complexity index is 711. The lowest BCUT2D eigenvalue weighted by molar-refractivity contribution is -0.150. The van der Waals surface area contributed by atoms with Crippen LogP contribution in [0.1, 0.15) is 51.7 Å². The molecule has 0 aliphatic carbocycles. The van der Waals surface area contributed by atoms with E-state index in [9.17, 15) is 14.4 Å². The first-order valence-electron chi connectivity index (χ1n) is 8.59. The largest absolute Gasteiger partial charge is 0.482 e. The van der Waals surface area contributed by atoms with Gasteiger partial charge in [0.25, 0.3) is 5.91 Å². The number of amides is 3. The van der Waals surface area contributed by atoms with E-state index in [4.69, 9.17) is 21.1 Å². The quantitative estimate of drug-likeness (QED) is 0.717. The van der Waals surface area contributed by atoms with Crippen molar-refractivity contribution < 1.29 is 23.9 Å². The summed E-state index contributed by atoms with van der Waals surface area (Å²) in [5.41, 5.74) is 1.21. The topological polar surface area (TPSA) is 93.7 Å². The molecule has 2 N–H and O–H groups in total. The fourth-order valence-corrected chi connectivity index (χ4v) is 2.28. The van der Waals surface area contributed by atoms with Gasteiger partial charge in [0.05, 0.1) is 0 Å². The SMILES string of the molecule is Cc1cc(OCC(=O)OCC(=O)NC(=O)NC(C)(C)C)c(C(C)C)cc1Cl. The van der Waals surface area contributed by atoms with Crippen molar-refractivity contribution in [3.05, 3.63) is 28.3 Å². The second kappa shape index (κ2) is 9.60. The molecule has 0 fully saturated rings. The summed E-state index contributed by atoms with van der Waals surface area (Å²) in [5.74, 6) is -0.752. The predicted octanol–water partition coefficient (Wildman–Crippen LogP) is 3.32. The van der Waals surface area contributed by atoms with E-state index in [0.717, 1.165) is 11.1 Å². The monoisotopic (exact) mass is 398 g/mol. The number of carbonyl (C=O) groups excluding carboxylic acids is 3. The lowest BCUT2D eigenvalue weighted by Gasteiger charge is -2.20. The number of nitrogens with one attached hydrogen (secondary N) is 2. The van der Waals surface area contributed by atoms with Crippen molar-refractivity contribution in [2.45, 2.75) is 53.0 Å². The van der Waals surface area contributed by atoms with Crippen molar-refractivity contribution in [1.29, 1.82) is 0 Å². The maximum atomic E-state index is 11.8. The van der Waals surface area contributed by atoms with Crippen LogP contribution < -0.4 is 15.4 Å². The van der Waals surface area contributed by atoms with Gasteiger partial charge in [-0.1, -0.05) is 25.4 Å². The predicted molar refractivity (Wildman–Crippen MR) is 103 cm³/mol. The second-order valence-electron chi connectivity index (χ2n) is 7.50. The smallest absolute Gasteiger partial charge is 0.344 e. The minimum Gasteiger partial charge on any atom is -0.482 e. The highest BCUT2D eigenvalue weighted by atomic mass is 35.5. The first-order chi connectivity index (χ1) is 12.4. The van der Waals surface area contributed by atoms with E-state index in [0.29, 0.717) is 10.8 Å².